The predicted octanol–water partition coefficient (Wildman–Crippen LogP) is 2.03. The van der Waals surface area contributed by atoms with Crippen LogP contribution in [0.25, 0.3) is 5.78 Å². The lowest BCUT2D eigenvalue weighted by molar-refractivity contribution is 0.0921. The second-order valence-corrected chi connectivity index (χ2v) is 6.38. The summed E-state index contributed by atoms with van der Waals surface area (Å²) < 4.78 is 1.71. The molecule has 1 N–H and O–H groups in total. The van der Waals surface area contributed by atoms with E-state index < -0.39 is 0 Å². The van der Waals surface area contributed by atoms with Gasteiger partial charge in [0.2, 0.25) is 5.82 Å². The number of carbonyl (C=O) groups is 1. The minimum absolute atomic E-state index is 0.124. The molecule has 2 aromatic heterocycles. The number of hydrogen-bond donors (Lipinski definition) is 1. The van der Waals surface area contributed by atoms with Crippen molar-refractivity contribution in [1.29, 1.82) is 0 Å². The van der Waals surface area contributed by atoms with Gasteiger partial charge in [0.15, 0.2) is 0 Å². The highest BCUT2D eigenvalue weighted by Crippen LogP contribution is 2.21. The van der Waals surface area contributed by atoms with Crippen molar-refractivity contribution in [2.24, 2.45) is 0 Å². The Bertz CT molecular complexity index is 930. The Kier molecular flexibility index (Phi) is 3.52. The number of hydrogen-bond acceptors (Lipinski definition) is 4. The van der Waals surface area contributed by atoms with E-state index in [4.69, 9.17) is 0 Å². The second-order valence-electron chi connectivity index (χ2n) is 6.38. The largest absolute Gasteiger partial charge is 0.346 e. The van der Waals surface area contributed by atoms with E-state index >= 15 is 0 Å². The van der Waals surface area contributed by atoms with Crippen molar-refractivity contribution < 1.29 is 4.79 Å². The van der Waals surface area contributed by atoms with E-state index in [2.05, 4.69) is 38.7 Å². The van der Waals surface area contributed by atoms with Gasteiger partial charge in [-0.25, -0.2) is 4.98 Å². The molecule has 1 amide bonds. The van der Waals surface area contributed by atoms with E-state index in [-0.39, 0.29) is 11.9 Å². The fourth-order valence-corrected chi connectivity index (χ4v) is 3.45. The van der Waals surface area contributed by atoms with Crippen molar-refractivity contribution in [3.63, 3.8) is 0 Å². The van der Waals surface area contributed by atoms with Crippen LogP contribution in [0.3, 0.4) is 0 Å². The molecule has 1 aliphatic rings. The SMILES string of the molecule is Cc1cc(C)n2c(C(=O)N[C@H]3CCc4ccccc4C3)nnc2n1. The molecule has 0 unspecified atom stereocenters. The standard InChI is InChI=1S/C18H19N5O/c1-11-9-12(2)23-16(21-22-18(23)19-11)17(24)20-15-8-7-13-5-3-4-6-14(13)10-15/h3-6,9,15H,7-8,10H2,1-2H3,(H,20,24)/t15-/m0/s1. The molecule has 0 bridgehead atoms. The first-order valence-electron chi connectivity index (χ1n) is 8.19. The Morgan fingerprint density at radius 1 is 1.21 bits per heavy atom. The maximum Gasteiger partial charge on any atom is 0.289 e. The van der Waals surface area contributed by atoms with Crippen molar-refractivity contribution in [1.82, 2.24) is 24.9 Å². The monoisotopic (exact) mass is 321 g/mol. The molecule has 1 aliphatic carbocycles. The van der Waals surface area contributed by atoms with Crippen molar-refractivity contribution in [3.05, 3.63) is 58.7 Å². The number of nitrogens with one attached hydrogen (secondary N) is 1. The third kappa shape index (κ3) is 2.54. The normalized spacial score (nSPS) is 16.8. The summed E-state index contributed by atoms with van der Waals surface area (Å²) >= 11 is 0. The maximum atomic E-state index is 12.7. The number of aromatic nitrogens is 4. The number of carbonyl (C=O) groups excluding carboxylic acids is 1. The zero-order chi connectivity index (χ0) is 16.7. The van der Waals surface area contributed by atoms with Gasteiger partial charge >= 0.3 is 0 Å². The van der Waals surface area contributed by atoms with Crippen LogP contribution in [0.2, 0.25) is 0 Å². The third-order valence-corrected chi connectivity index (χ3v) is 4.58. The van der Waals surface area contributed by atoms with Gasteiger partial charge in [0.25, 0.3) is 11.7 Å². The number of rotatable bonds is 2. The molecule has 24 heavy (non-hydrogen) atoms. The van der Waals surface area contributed by atoms with E-state index in [1.165, 1.54) is 11.1 Å². The summed E-state index contributed by atoms with van der Waals surface area (Å²) in [5.74, 6) is 0.570. The summed E-state index contributed by atoms with van der Waals surface area (Å²) in [5.41, 5.74) is 4.46. The van der Waals surface area contributed by atoms with Gasteiger partial charge in [-0.15, -0.1) is 10.2 Å². The number of fused-ring (bicyclic) bond motifs is 2. The van der Waals surface area contributed by atoms with Gasteiger partial charge in [0.1, 0.15) is 0 Å². The number of aryl methyl sites for hydroxylation is 3. The average molecular weight is 321 g/mol. The summed E-state index contributed by atoms with van der Waals surface area (Å²) in [6, 6.07) is 10.5. The summed E-state index contributed by atoms with van der Waals surface area (Å²) in [5, 5.41) is 11.2. The molecule has 6 heteroatoms. The molecular weight excluding hydrogens is 302 g/mol. The molecule has 1 atom stereocenters. The van der Waals surface area contributed by atoms with Crippen LogP contribution in [0.1, 0.15) is 39.6 Å². The Hall–Kier alpha value is -2.76. The van der Waals surface area contributed by atoms with Crippen LogP contribution in [0, 0.1) is 13.8 Å². The van der Waals surface area contributed by atoms with Crippen LogP contribution in [0.15, 0.2) is 30.3 Å². The fraction of sp³-hybridized carbons (Fsp3) is 0.333. The molecule has 0 spiro atoms. The maximum absolute atomic E-state index is 12.7. The van der Waals surface area contributed by atoms with E-state index in [1.807, 2.05) is 26.0 Å². The van der Waals surface area contributed by atoms with Crippen molar-refractivity contribution in [2.45, 2.75) is 39.2 Å². The molecule has 0 radical (unpaired) electrons. The second kappa shape index (κ2) is 5.70. The van der Waals surface area contributed by atoms with Gasteiger partial charge in [-0.2, -0.15) is 0 Å². The minimum Gasteiger partial charge on any atom is -0.346 e. The topological polar surface area (TPSA) is 72.2 Å². The molecule has 0 saturated heterocycles. The van der Waals surface area contributed by atoms with Crippen LogP contribution in [0.5, 0.6) is 0 Å². The molecule has 4 rings (SSSR count). The summed E-state index contributed by atoms with van der Waals surface area (Å²) in [6.45, 7) is 3.83. The molecule has 3 aromatic rings. The first kappa shape index (κ1) is 14.8. The summed E-state index contributed by atoms with van der Waals surface area (Å²) in [4.78, 5) is 17.0. The van der Waals surface area contributed by atoms with Crippen LogP contribution in [-0.2, 0) is 12.8 Å². The van der Waals surface area contributed by atoms with Crippen LogP contribution < -0.4 is 5.32 Å². The number of benzene rings is 1. The number of nitrogens with zero attached hydrogens (tertiary/aromatic N) is 4. The van der Waals surface area contributed by atoms with Gasteiger partial charge in [0, 0.05) is 17.4 Å². The average Bonchev–Trinajstić information content (AvgIpc) is 2.99. The van der Waals surface area contributed by atoms with Crippen molar-refractivity contribution >= 4 is 11.7 Å². The van der Waals surface area contributed by atoms with E-state index in [0.717, 1.165) is 30.7 Å². The van der Waals surface area contributed by atoms with Crippen LogP contribution >= 0.6 is 0 Å². The van der Waals surface area contributed by atoms with Gasteiger partial charge in [-0.05, 0) is 50.3 Å². The van der Waals surface area contributed by atoms with Crippen molar-refractivity contribution in [3.8, 4) is 0 Å². The molecule has 6 nitrogen and oxygen atoms in total. The minimum atomic E-state index is -0.194. The van der Waals surface area contributed by atoms with Crippen LogP contribution in [-0.4, -0.2) is 31.5 Å². The Labute approximate surface area is 139 Å². The van der Waals surface area contributed by atoms with Gasteiger partial charge < -0.3 is 5.32 Å². The van der Waals surface area contributed by atoms with Gasteiger partial charge in [-0.3, -0.25) is 9.20 Å². The Balaban J connectivity index is 1.57. The van der Waals surface area contributed by atoms with Crippen LogP contribution in [0.4, 0.5) is 0 Å². The van der Waals surface area contributed by atoms with E-state index in [0.29, 0.717) is 11.6 Å². The first-order chi connectivity index (χ1) is 11.6. The van der Waals surface area contributed by atoms with Crippen molar-refractivity contribution in [2.75, 3.05) is 0 Å². The highest BCUT2D eigenvalue weighted by atomic mass is 16.2. The highest BCUT2D eigenvalue weighted by Gasteiger charge is 2.23. The zero-order valence-electron chi connectivity index (χ0n) is 13.8. The lowest BCUT2D eigenvalue weighted by atomic mass is 9.88. The molecular formula is C18H19N5O. The molecule has 122 valence electrons. The lowest BCUT2D eigenvalue weighted by Crippen LogP contribution is -2.39. The molecule has 1 aromatic carbocycles. The molecule has 2 heterocycles. The number of amides is 1. The Morgan fingerprint density at radius 3 is 2.83 bits per heavy atom. The summed E-state index contributed by atoms with van der Waals surface area (Å²) in [7, 11) is 0. The summed E-state index contributed by atoms with van der Waals surface area (Å²) in [6.07, 6.45) is 2.78. The molecule has 0 fully saturated rings. The zero-order valence-corrected chi connectivity index (χ0v) is 13.8. The fourth-order valence-electron chi connectivity index (χ4n) is 3.45. The highest BCUT2D eigenvalue weighted by molar-refractivity contribution is 5.91. The van der Waals surface area contributed by atoms with Gasteiger partial charge in [0.05, 0.1) is 0 Å². The predicted molar refractivity (Wildman–Crippen MR) is 90.0 cm³/mol. The van der Waals surface area contributed by atoms with E-state index in [9.17, 15) is 4.79 Å². The molecule has 0 aliphatic heterocycles. The smallest absolute Gasteiger partial charge is 0.289 e. The van der Waals surface area contributed by atoms with E-state index in [1.54, 1.807) is 4.40 Å². The van der Waals surface area contributed by atoms with Gasteiger partial charge in [-0.1, -0.05) is 24.3 Å². The quantitative estimate of drug-likeness (QED) is 0.784. The first-order valence-corrected chi connectivity index (χ1v) is 8.19. The Morgan fingerprint density at radius 2 is 2.00 bits per heavy atom. The lowest BCUT2D eigenvalue weighted by Gasteiger charge is -2.25. The third-order valence-electron chi connectivity index (χ3n) is 4.58. The molecule has 0 saturated carbocycles.